The largest absolute Gasteiger partial charge is 0.308 e. The molecule has 0 saturated carbocycles. The van der Waals surface area contributed by atoms with Gasteiger partial charge in [0.05, 0.1) is 14.8 Å². The second-order valence-electron chi connectivity index (χ2n) is 6.10. The molecular formula is C17H15BrFN3OS. The number of halogens is 2. The maximum absolute atomic E-state index is 13.2. The molecule has 1 atom stereocenters. The van der Waals surface area contributed by atoms with Gasteiger partial charge in [-0.15, -0.1) is 11.3 Å². The third-order valence-electron chi connectivity index (χ3n) is 4.47. The Morgan fingerprint density at radius 2 is 2.12 bits per heavy atom. The number of benzene rings is 1. The highest BCUT2D eigenvalue weighted by atomic mass is 79.9. The van der Waals surface area contributed by atoms with Crippen molar-refractivity contribution >= 4 is 37.5 Å². The van der Waals surface area contributed by atoms with Gasteiger partial charge in [-0.25, -0.2) is 9.37 Å². The predicted molar refractivity (Wildman–Crippen MR) is 97.0 cm³/mol. The first-order valence-corrected chi connectivity index (χ1v) is 9.36. The lowest BCUT2D eigenvalue weighted by molar-refractivity contribution is 0.363. The molecule has 4 nitrogen and oxygen atoms in total. The van der Waals surface area contributed by atoms with Crippen molar-refractivity contribution < 1.29 is 4.39 Å². The third-order valence-corrected chi connectivity index (χ3v) is 6.10. The zero-order chi connectivity index (χ0) is 16.7. The smallest absolute Gasteiger partial charge is 0.268 e. The monoisotopic (exact) mass is 407 g/mol. The maximum atomic E-state index is 13.2. The molecule has 7 heteroatoms. The maximum Gasteiger partial charge on any atom is 0.268 e. The molecule has 2 aromatic heterocycles. The van der Waals surface area contributed by atoms with Crippen molar-refractivity contribution in [2.45, 2.75) is 24.8 Å². The molecule has 3 heterocycles. The van der Waals surface area contributed by atoms with Crippen molar-refractivity contribution in [1.29, 1.82) is 0 Å². The third kappa shape index (κ3) is 2.81. The molecule has 1 saturated heterocycles. The van der Waals surface area contributed by atoms with Gasteiger partial charge in [-0.3, -0.25) is 4.79 Å². The van der Waals surface area contributed by atoms with Crippen LogP contribution in [0, 0.1) is 5.82 Å². The van der Waals surface area contributed by atoms with E-state index in [0.717, 1.165) is 28.7 Å². The van der Waals surface area contributed by atoms with Crippen LogP contribution in [0.5, 0.6) is 0 Å². The number of nitrogens with zero attached hydrogens (tertiary/aromatic N) is 1. The van der Waals surface area contributed by atoms with Gasteiger partial charge in [0.25, 0.3) is 5.56 Å². The Hall–Kier alpha value is -1.57. The molecule has 24 heavy (non-hydrogen) atoms. The lowest BCUT2D eigenvalue weighted by Crippen LogP contribution is -2.41. The Morgan fingerprint density at radius 3 is 2.83 bits per heavy atom. The standard InChI is InChI=1S/C17H15BrFN3OS/c18-13-8-12-14(24-13)15(23)22-16(21-12)17(6-1-7-20-17)9-10-2-4-11(19)5-3-10/h2-5,8,20H,1,6-7,9H2,(H,21,22,23). The summed E-state index contributed by atoms with van der Waals surface area (Å²) in [5.41, 5.74) is 1.19. The summed E-state index contributed by atoms with van der Waals surface area (Å²) in [5, 5.41) is 3.51. The number of hydrogen-bond acceptors (Lipinski definition) is 4. The summed E-state index contributed by atoms with van der Waals surface area (Å²) >= 11 is 4.80. The lowest BCUT2D eigenvalue weighted by Gasteiger charge is -2.28. The molecule has 0 bridgehead atoms. The average Bonchev–Trinajstić information content (AvgIpc) is 3.17. The molecule has 0 aliphatic carbocycles. The van der Waals surface area contributed by atoms with E-state index in [2.05, 4.69) is 26.2 Å². The van der Waals surface area contributed by atoms with Crippen LogP contribution in [0.15, 0.2) is 38.9 Å². The molecule has 4 rings (SSSR count). The molecule has 1 aromatic carbocycles. The van der Waals surface area contributed by atoms with Gasteiger partial charge in [-0.1, -0.05) is 12.1 Å². The number of rotatable bonds is 3. The molecule has 2 N–H and O–H groups in total. The van der Waals surface area contributed by atoms with Crippen molar-refractivity contribution in [1.82, 2.24) is 15.3 Å². The molecule has 0 amide bonds. The van der Waals surface area contributed by atoms with E-state index in [-0.39, 0.29) is 11.4 Å². The predicted octanol–water partition coefficient (Wildman–Crippen LogP) is 3.71. The zero-order valence-corrected chi connectivity index (χ0v) is 15.1. The van der Waals surface area contributed by atoms with Crippen LogP contribution in [0.25, 0.3) is 10.2 Å². The Kier molecular flexibility index (Phi) is 4.02. The summed E-state index contributed by atoms with van der Waals surface area (Å²) in [6.45, 7) is 0.871. The number of H-pyrrole nitrogens is 1. The van der Waals surface area contributed by atoms with Gasteiger partial charge in [0.15, 0.2) is 0 Å². The Labute approximate surface area is 150 Å². The van der Waals surface area contributed by atoms with Crippen molar-refractivity contribution in [3.8, 4) is 0 Å². The summed E-state index contributed by atoms with van der Waals surface area (Å²) in [7, 11) is 0. The number of aromatic amines is 1. The van der Waals surface area contributed by atoms with E-state index in [1.807, 2.05) is 6.07 Å². The van der Waals surface area contributed by atoms with Gasteiger partial charge in [-0.05, 0) is 65.5 Å². The highest BCUT2D eigenvalue weighted by Crippen LogP contribution is 2.34. The van der Waals surface area contributed by atoms with Crippen LogP contribution in [-0.4, -0.2) is 16.5 Å². The molecule has 124 valence electrons. The minimum absolute atomic E-state index is 0.113. The molecule has 1 aliphatic heterocycles. The van der Waals surface area contributed by atoms with Crippen molar-refractivity contribution in [3.05, 3.63) is 61.7 Å². The van der Waals surface area contributed by atoms with E-state index in [4.69, 9.17) is 4.98 Å². The zero-order valence-electron chi connectivity index (χ0n) is 12.7. The Morgan fingerprint density at radius 1 is 1.33 bits per heavy atom. The van der Waals surface area contributed by atoms with Crippen LogP contribution < -0.4 is 10.9 Å². The van der Waals surface area contributed by atoms with Gasteiger partial charge in [-0.2, -0.15) is 0 Å². The molecule has 0 spiro atoms. The van der Waals surface area contributed by atoms with E-state index in [9.17, 15) is 9.18 Å². The second-order valence-corrected chi connectivity index (χ2v) is 8.53. The molecule has 3 aromatic rings. The summed E-state index contributed by atoms with van der Waals surface area (Å²) < 4.78 is 14.7. The Bertz CT molecular complexity index is 945. The average molecular weight is 408 g/mol. The first-order valence-electron chi connectivity index (χ1n) is 7.75. The number of aromatic nitrogens is 2. The highest BCUT2D eigenvalue weighted by Gasteiger charge is 2.38. The minimum Gasteiger partial charge on any atom is -0.308 e. The van der Waals surface area contributed by atoms with Crippen molar-refractivity contribution in [2.75, 3.05) is 6.54 Å². The van der Waals surface area contributed by atoms with E-state index in [1.165, 1.54) is 23.5 Å². The quantitative estimate of drug-likeness (QED) is 0.695. The minimum atomic E-state index is -0.417. The fraction of sp³-hybridized carbons (Fsp3) is 0.294. The fourth-order valence-electron chi connectivity index (χ4n) is 3.33. The molecule has 1 unspecified atom stereocenters. The summed E-state index contributed by atoms with van der Waals surface area (Å²) in [4.78, 5) is 20.1. The first kappa shape index (κ1) is 15.9. The van der Waals surface area contributed by atoms with Crippen molar-refractivity contribution in [3.63, 3.8) is 0 Å². The number of fused-ring (bicyclic) bond motifs is 1. The van der Waals surface area contributed by atoms with Crippen LogP contribution in [0.2, 0.25) is 0 Å². The van der Waals surface area contributed by atoms with Crippen LogP contribution in [0.1, 0.15) is 24.2 Å². The fourth-order valence-corrected chi connectivity index (χ4v) is 4.75. The highest BCUT2D eigenvalue weighted by molar-refractivity contribution is 9.11. The Balaban J connectivity index is 1.80. The van der Waals surface area contributed by atoms with Gasteiger partial charge < -0.3 is 10.3 Å². The van der Waals surface area contributed by atoms with E-state index in [0.29, 0.717) is 22.5 Å². The van der Waals surface area contributed by atoms with Gasteiger partial charge in [0.2, 0.25) is 0 Å². The van der Waals surface area contributed by atoms with Crippen molar-refractivity contribution in [2.24, 2.45) is 0 Å². The van der Waals surface area contributed by atoms with Crippen LogP contribution in [0.4, 0.5) is 4.39 Å². The summed E-state index contributed by atoms with van der Waals surface area (Å²) in [6.07, 6.45) is 2.55. The number of nitrogens with one attached hydrogen (secondary N) is 2. The molecule has 1 aliphatic rings. The lowest BCUT2D eigenvalue weighted by atomic mass is 9.88. The van der Waals surface area contributed by atoms with Gasteiger partial charge in [0, 0.05) is 0 Å². The van der Waals surface area contributed by atoms with E-state index < -0.39 is 5.54 Å². The molecular weight excluding hydrogens is 393 g/mol. The second kappa shape index (κ2) is 6.06. The molecule has 0 radical (unpaired) electrons. The van der Waals surface area contributed by atoms with Crippen LogP contribution in [-0.2, 0) is 12.0 Å². The van der Waals surface area contributed by atoms with E-state index in [1.54, 1.807) is 12.1 Å². The normalized spacial score (nSPS) is 20.8. The van der Waals surface area contributed by atoms with E-state index >= 15 is 0 Å². The van der Waals surface area contributed by atoms with Gasteiger partial charge in [0.1, 0.15) is 16.3 Å². The number of thiophene rings is 1. The topological polar surface area (TPSA) is 57.8 Å². The van der Waals surface area contributed by atoms with Crippen LogP contribution in [0.3, 0.4) is 0 Å². The van der Waals surface area contributed by atoms with Crippen LogP contribution >= 0.6 is 27.3 Å². The number of hydrogen-bond donors (Lipinski definition) is 2. The first-order chi connectivity index (χ1) is 11.6. The van der Waals surface area contributed by atoms with Gasteiger partial charge >= 0.3 is 0 Å². The summed E-state index contributed by atoms with van der Waals surface area (Å²) in [5.74, 6) is 0.412. The summed E-state index contributed by atoms with van der Waals surface area (Å²) in [6, 6.07) is 8.38. The SMILES string of the molecule is O=c1[nH]c(C2(Cc3ccc(F)cc3)CCCN2)nc2cc(Br)sc12. The molecule has 1 fully saturated rings.